The average molecular weight is 235 g/mol. The van der Waals surface area contributed by atoms with E-state index in [-0.39, 0.29) is 11.7 Å². The van der Waals surface area contributed by atoms with Crippen molar-refractivity contribution in [1.82, 2.24) is 10.3 Å². The second-order valence-electron chi connectivity index (χ2n) is 4.20. The summed E-state index contributed by atoms with van der Waals surface area (Å²) in [6.07, 6.45) is 3.58. The number of amides is 1. The molecule has 1 fully saturated rings. The van der Waals surface area contributed by atoms with Gasteiger partial charge < -0.3 is 15.8 Å². The van der Waals surface area contributed by atoms with Crippen LogP contribution in [0, 0.1) is 5.92 Å². The SMILES string of the molecule is Nc1ncccc1C(=O)NCC1CCOCC1. The molecule has 2 heterocycles. The van der Waals surface area contributed by atoms with Gasteiger partial charge in [-0.25, -0.2) is 4.98 Å². The highest BCUT2D eigenvalue weighted by atomic mass is 16.5. The number of aromatic nitrogens is 1. The van der Waals surface area contributed by atoms with Crippen molar-refractivity contribution < 1.29 is 9.53 Å². The Balaban J connectivity index is 1.87. The molecule has 0 aromatic carbocycles. The molecule has 5 nitrogen and oxygen atoms in total. The van der Waals surface area contributed by atoms with Crippen molar-refractivity contribution >= 4 is 11.7 Å². The molecule has 2 rings (SSSR count). The molecule has 1 aliphatic heterocycles. The smallest absolute Gasteiger partial charge is 0.255 e. The van der Waals surface area contributed by atoms with Crippen LogP contribution in [0.3, 0.4) is 0 Å². The van der Waals surface area contributed by atoms with Gasteiger partial charge in [-0.3, -0.25) is 4.79 Å². The Bertz CT molecular complexity index is 389. The number of rotatable bonds is 3. The number of nitrogens with one attached hydrogen (secondary N) is 1. The number of nitrogen functional groups attached to an aromatic ring is 1. The fourth-order valence-corrected chi connectivity index (χ4v) is 1.89. The first-order valence-corrected chi connectivity index (χ1v) is 5.84. The van der Waals surface area contributed by atoms with Crippen LogP contribution in [0.2, 0.25) is 0 Å². The van der Waals surface area contributed by atoms with Crippen LogP contribution < -0.4 is 11.1 Å². The van der Waals surface area contributed by atoms with Crippen LogP contribution in [-0.4, -0.2) is 30.6 Å². The Morgan fingerprint density at radius 3 is 3.00 bits per heavy atom. The van der Waals surface area contributed by atoms with Crippen molar-refractivity contribution in [1.29, 1.82) is 0 Å². The summed E-state index contributed by atoms with van der Waals surface area (Å²) in [5.74, 6) is 0.629. The van der Waals surface area contributed by atoms with E-state index < -0.39 is 0 Å². The Morgan fingerprint density at radius 2 is 2.29 bits per heavy atom. The summed E-state index contributed by atoms with van der Waals surface area (Å²) in [6, 6.07) is 3.39. The molecule has 5 heteroatoms. The summed E-state index contributed by atoms with van der Waals surface area (Å²) in [4.78, 5) is 15.7. The Hall–Kier alpha value is -1.62. The van der Waals surface area contributed by atoms with Gasteiger partial charge in [0, 0.05) is 26.0 Å². The van der Waals surface area contributed by atoms with Gasteiger partial charge in [0.05, 0.1) is 5.56 Å². The first-order chi connectivity index (χ1) is 8.27. The van der Waals surface area contributed by atoms with Crippen molar-refractivity contribution in [3.8, 4) is 0 Å². The molecule has 0 bridgehead atoms. The second kappa shape index (κ2) is 5.63. The number of carbonyl (C=O) groups excluding carboxylic acids is 1. The highest BCUT2D eigenvalue weighted by Gasteiger charge is 2.16. The molecule has 0 aliphatic carbocycles. The van der Waals surface area contributed by atoms with E-state index in [2.05, 4.69) is 10.3 Å². The minimum absolute atomic E-state index is 0.151. The molecule has 1 aliphatic rings. The van der Waals surface area contributed by atoms with Gasteiger partial charge in [0.2, 0.25) is 0 Å². The first kappa shape index (κ1) is 11.9. The van der Waals surface area contributed by atoms with Gasteiger partial charge in [-0.2, -0.15) is 0 Å². The molecule has 92 valence electrons. The number of pyridine rings is 1. The van der Waals surface area contributed by atoms with E-state index in [1.165, 1.54) is 0 Å². The topological polar surface area (TPSA) is 77.2 Å². The summed E-state index contributed by atoms with van der Waals surface area (Å²) in [5, 5.41) is 2.90. The van der Waals surface area contributed by atoms with Gasteiger partial charge in [-0.1, -0.05) is 0 Å². The number of nitrogens with zero attached hydrogens (tertiary/aromatic N) is 1. The predicted octanol–water partition coefficient (Wildman–Crippen LogP) is 0.820. The average Bonchev–Trinajstić information content (AvgIpc) is 2.38. The molecule has 17 heavy (non-hydrogen) atoms. The molecule has 0 saturated carbocycles. The summed E-state index contributed by atoms with van der Waals surface area (Å²) in [6.45, 7) is 2.25. The van der Waals surface area contributed by atoms with E-state index in [0.717, 1.165) is 26.1 Å². The van der Waals surface area contributed by atoms with Crippen molar-refractivity contribution in [2.75, 3.05) is 25.5 Å². The summed E-state index contributed by atoms with van der Waals surface area (Å²) in [7, 11) is 0. The molecular formula is C12H17N3O2. The zero-order valence-electron chi connectivity index (χ0n) is 9.69. The third kappa shape index (κ3) is 3.17. The van der Waals surface area contributed by atoms with Crippen LogP contribution in [0.25, 0.3) is 0 Å². The highest BCUT2D eigenvalue weighted by Crippen LogP contribution is 2.14. The van der Waals surface area contributed by atoms with Crippen LogP contribution >= 0.6 is 0 Å². The lowest BCUT2D eigenvalue weighted by molar-refractivity contribution is 0.0643. The Labute approximate surface area is 100 Å². The van der Waals surface area contributed by atoms with Crippen LogP contribution in [0.4, 0.5) is 5.82 Å². The molecule has 0 radical (unpaired) electrons. The minimum Gasteiger partial charge on any atom is -0.383 e. The van der Waals surface area contributed by atoms with Crippen LogP contribution in [0.5, 0.6) is 0 Å². The van der Waals surface area contributed by atoms with Crippen LogP contribution in [0.1, 0.15) is 23.2 Å². The van der Waals surface area contributed by atoms with Gasteiger partial charge in [0.15, 0.2) is 0 Å². The van der Waals surface area contributed by atoms with Gasteiger partial charge in [0.1, 0.15) is 5.82 Å². The fraction of sp³-hybridized carbons (Fsp3) is 0.500. The van der Waals surface area contributed by atoms with Gasteiger partial charge >= 0.3 is 0 Å². The summed E-state index contributed by atoms with van der Waals surface area (Å²) >= 11 is 0. The molecule has 0 atom stereocenters. The monoisotopic (exact) mass is 235 g/mol. The lowest BCUT2D eigenvalue weighted by atomic mass is 10.0. The van der Waals surface area contributed by atoms with Gasteiger partial charge in [0.25, 0.3) is 5.91 Å². The fourth-order valence-electron chi connectivity index (χ4n) is 1.89. The van der Waals surface area contributed by atoms with E-state index in [9.17, 15) is 4.79 Å². The van der Waals surface area contributed by atoms with Gasteiger partial charge in [-0.15, -0.1) is 0 Å². The van der Waals surface area contributed by atoms with Crippen molar-refractivity contribution in [2.45, 2.75) is 12.8 Å². The maximum atomic E-state index is 11.8. The second-order valence-corrected chi connectivity index (χ2v) is 4.20. The number of anilines is 1. The quantitative estimate of drug-likeness (QED) is 0.813. The maximum absolute atomic E-state index is 11.8. The molecule has 1 amide bonds. The molecule has 3 N–H and O–H groups in total. The lowest BCUT2D eigenvalue weighted by Gasteiger charge is -2.22. The molecular weight excluding hydrogens is 218 g/mol. The lowest BCUT2D eigenvalue weighted by Crippen LogP contribution is -2.32. The molecule has 0 unspecified atom stereocenters. The summed E-state index contributed by atoms with van der Waals surface area (Å²) < 4.78 is 5.27. The molecule has 1 saturated heterocycles. The van der Waals surface area contributed by atoms with E-state index in [1.807, 2.05) is 0 Å². The molecule has 0 spiro atoms. The number of hydrogen-bond donors (Lipinski definition) is 2. The number of carbonyl (C=O) groups is 1. The largest absolute Gasteiger partial charge is 0.383 e. The maximum Gasteiger partial charge on any atom is 0.255 e. The van der Waals surface area contributed by atoms with E-state index >= 15 is 0 Å². The Morgan fingerprint density at radius 1 is 1.53 bits per heavy atom. The normalized spacial score (nSPS) is 16.7. The van der Waals surface area contributed by atoms with Crippen molar-refractivity contribution in [3.63, 3.8) is 0 Å². The number of ether oxygens (including phenoxy) is 1. The summed E-state index contributed by atoms with van der Waals surface area (Å²) in [5.41, 5.74) is 6.08. The van der Waals surface area contributed by atoms with Crippen molar-refractivity contribution in [2.24, 2.45) is 5.92 Å². The minimum atomic E-state index is -0.151. The van der Waals surface area contributed by atoms with Gasteiger partial charge in [-0.05, 0) is 30.9 Å². The van der Waals surface area contributed by atoms with Crippen LogP contribution in [-0.2, 0) is 4.74 Å². The zero-order chi connectivity index (χ0) is 12.1. The van der Waals surface area contributed by atoms with E-state index in [4.69, 9.17) is 10.5 Å². The van der Waals surface area contributed by atoms with E-state index in [1.54, 1.807) is 18.3 Å². The Kier molecular flexibility index (Phi) is 3.93. The zero-order valence-corrected chi connectivity index (χ0v) is 9.69. The third-order valence-electron chi connectivity index (χ3n) is 2.98. The number of nitrogens with two attached hydrogens (primary N) is 1. The van der Waals surface area contributed by atoms with Crippen molar-refractivity contribution in [3.05, 3.63) is 23.9 Å². The van der Waals surface area contributed by atoms with Crippen LogP contribution in [0.15, 0.2) is 18.3 Å². The standard InChI is InChI=1S/C12H17N3O2/c13-11-10(2-1-5-14-11)12(16)15-8-9-3-6-17-7-4-9/h1-2,5,9H,3-4,6-8H2,(H2,13,14)(H,15,16). The number of hydrogen-bond acceptors (Lipinski definition) is 4. The third-order valence-corrected chi connectivity index (χ3v) is 2.98. The molecule has 1 aromatic rings. The first-order valence-electron chi connectivity index (χ1n) is 5.84. The molecule has 1 aromatic heterocycles. The predicted molar refractivity (Wildman–Crippen MR) is 64.5 cm³/mol. The highest BCUT2D eigenvalue weighted by molar-refractivity contribution is 5.98. The van der Waals surface area contributed by atoms with E-state index in [0.29, 0.717) is 18.0 Å².